The number of aliphatic imine (C=N–C) groups is 1. The molecule has 1 aromatic carbocycles. The van der Waals surface area contributed by atoms with Crippen molar-refractivity contribution in [3.05, 3.63) is 22.2 Å². The van der Waals surface area contributed by atoms with Crippen molar-refractivity contribution >= 4 is 22.0 Å². The van der Waals surface area contributed by atoms with E-state index in [0.29, 0.717) is 13.2 Å². The van der Waals surface area contributed by atoms with Crippen LogP contribution in [0.3, 0.4) is 0 Å². The largest absolute Gasteiger partial charge is 0.490 e. The van der Waals surface area contributed by atoms with Crippen molar-refractivity contribution < 1.29 is 14.3 Å². The van der Waals surface area contributed by atoms with Crippen molar-refractivity contribution in [2.45, 2.75) is 31.2 Å². The Bertz CT molecular complexity index is 548. The van der Waals surface area contributed by atoms with E-state index in [-0.39, 0.29) is 0 Å². The summed E-state index contributed by atoms with van der Waals surface area (Å²) >= 11 is 3.56. The van der Waals surface area contributed by atoms with Gasteiger partial charge in [-0.25, -0.2) is 4.79 Å². The zero-order valence-corrected chi connectivity index (χ0v) is 12.0. The van der Waals surface area contributed by atoms with Gasteiger partial charge in [0.25, 0.3) is 0 Å². The molecule has 0 amide bonds. The second kappa shape index (κ2) is 4.99. The van der Waals surface area contributed by atoms with Crippen LogP contribution in [0.1, 0.15) is 31.2 Å². The molecule has 0 aromatic heterocycles. The molecule has 0 saturated heterocycles. The first-order chi connectivity index (χ1) is 9.27. The molecule has 3 rings (SSSR count). The zero-order chi connectivity index (χ0) is 13.3. The maximum atomic E-state index is 10.8. The van der Waals surface area contributed by atoms with Crippen molar-refractivity contribution in [2.24, 2.45) is 4.99 Å². The van der Waals surface area contributed by atoms with Crippen LogP contribution in [0.2, 0.25) is 0 Å². The third-order valence-corrected chi connectivity index (χ3v) is 4.43. The Morgan fingerprint density at radius 2 is 2.00 bits per heavy atom. The van der Waals surface area contributed by atoms with Crippen LogP contribution in [0, 0.1) is 0 Å². The van der Waals surface area contributed by atoms with Gasteiger partial charge in [0, 0.05) is 16.5 Å². The number of rotatable bonds is 2. The van der Waals surface area contributed by atoms with E-state index in [1.54, 1.807) is 6.08 Å². The molecule has 1 aromatic rings. The van der Waals surface area contributed by atoms with E-state index in [1.165, 1.54) is 0 Å². The molecule has 2 aliphatic rings. The normalized spacial score (nSPS) is 19.8. The highest BCUT2D eigenvalue weighted by molar-refractivity contribution is 9.10. The van der Waals surface area contributed by atoms with Gasteiger partial charge in [-0.3, -0.25) is 0 Å². The number of ether oxygens (including phenoxy) is 2. The third kappa shape index (κ3) is 2.07. The summed E-state index contributed by atoms with van der Waals surface area (Å²) in [5, 5.41) is 0. The average molecular weight is 324 g/mol. The fourth-order valence-electron chi connectivity index (χ4n) is 2.66. The smallest absolute Gasteiger partial charge is 0.235 e. The molecule has 0 spiro atoms. The van der Waals surface area contributed by atoms with Crippen LogP contribution in [-0.4, -0.2) is 19.3 Å². The lowest BCUT2D eigenvalue weighted by Crippen LogP contribution is -2.33. The quantitative estimate of drug-likeness (QED) is 0.619. The molecule has 4 nitrogen and oxygen atoms in total. The molecular formula is C14H14BrNO3. The number of fused-ring (bicyclic) bond motifs is 1. The minimum absolute atomic E-state index is 0.486. The van der Waals surface area contributed by atoms with E-state index in [1.807, 2.05) is 12.1 Å². The van der Waals surface area contributed by atoms with E-state index in [2.05, 4.69) is 20.9 Å². The monoisotopic (exact) mass is 323 g/mol. The standard InChI is InChI=1S/C14H14BrNO3/c15-10-3-4-11-13(19-8-2-7-18-11)12(10)14(16-9-17)5-1-6-14/h3-4H,1-2,5-8H2. The minimum atomic E-state index is -0.486. The summed E-state index contributed by atoms with van der Waals surface area (Å²) < 4.78 is 12.5. The van der Waals surface area contributed by atoms with Gasteiger partial charge < -0.3 is 9.47 Å². The molecule has 1 aliphatic heterocycles. The summed E-state index contributed by atoms with van der Waals surface area (Å²) in [7, 11) is 0. The summed E-state index contributed by atoms with van der Waals surface area (Å²) in [6.07, 6.45) is 5.33. The van der Waals surface area contributed by atoms with Gasteiger partial charge in [0.2, 0.25) is 6.08 Å². The summed E-state index contributed by atoms with van der Waals surface area (Å²) in [5.74, 6) is 1.47. The Hall–Kier alpha value is -1.32. The molecule has 0 atom stereocenters. The van der Waals surface area contributed by atoms with E-state index in [9.17, 15) is 4.79 Å². The van der Waals surface area contributed by atoms with Gasteiger partial charge in [-0.2, -0.15) is 4.99 Å². The van der Waals surface area contributed by atoms with Crippen LogP contribution in [0.5, 0.6) is 11.5 Å². The Kier molecular flexibility index (Phi) is 3.33. The third-order valence-electron chi connectivity index (χ3n) is 3.77. The lowest BCUT2D eigenvalue weighted by molar-refractivity contribution is 0.237. The van der Waals surface area contributed by atoms with Gasteiger partial charge >= 0.3 is 0 Å². The second-order valence-electron chi connectivity index (χ2n) is 4.89. The summed E-state index contributed by atoms with van der Waals surface area (Å²) in [6, 6.07) is 3.83. The lowest BCUT2D eigenvalue weighted by Gasteiger charge is -2.38. The Labute approximate surface area is 119 Å². The maximum Gasteiger partial charge on any atom is 0.235 e. The summed E-state index contributed by atoms with van der Waals surface area (Å²) in [4.78, 5) is 14.8. The molecule has 0 radical (unpaired) electrons. The molecular weight excluding hydrogens is 310 g/mol. The number of isocyanates is 1. The number of benzene rings is 1. The van der Waals surface area contributed by atoms with Crippen molar-refractivity contribution in [1.29, 1.82) is 0 Å². The highest BCUT2D eigenvalue weighted by Crippen LogP contribution is 2.53. The van der Waals surface area contributed by atoms with Gasteiger partial charge in [0.1, 0.15) is 5.54 Å². The highest BCUT2D eigenvalue weighted by atomic mass is 79.9. The second-order valence-corrected chi connectivity index (χ2v) is 5.74. The molecule has 1 fully saturated rings. The Morgan fingerprint density at radius 3 is 2.68 bits per heavy atom. The average Bonchev–Trinajstić information content (AvgIpc) is 2.60. The number of halogens is 1. The van der Waals surface area contributed by atoms with E-state index < -0.39 is 5.54 Å². The number of hydrogen-bond donors (Lipinski definition) is 0. The molecule has 5 heteroatoms. The fourth-order valence-corrected chi connectivity index (χ4v) is 3.34. The minimum Gasteiger partial charge on any atom is -0.490 e. The number of hydrogen-bond acceptors (Lipinski definition) is 4. The first-order valence-electron chi connectivity index (χ1n) is 6.44. The molecule has 0 bridgehead atoms. The van der Waals surface area contributed by atoms with Gasteiger partial charge in [0.15, 0.2) is 11.5 Å². The maximum absolute atomic E-state index is 10.8. The van der Waals surface area contributed by atoms with Gasteiger partial charge in [-0.1, -0.05) is 15.9 Å². The van der Waals surface area contributed by atoms with E-state index in [4.69, 9.17) is 9.47 Å². The highest BCUT2D eigenvalue weighted by Gasteiger charge is 2.43. The van der Waals surface area contributed by atoms with Crippen LogP contribution in [0.25, 0.3) is 0 Å². The predicted molar refractivity (Wildman–Crippen MR) is 73.4 cm³/mol. The van der Waals surface area contributed by atoms with Crippen LogP contribution >= 0.6 is 15.9 Å². The van der Waals surface area contributed by atoms with Crippen LogP contribution in [-0.2, 0) is 10.3 Å². The molecule has 100 valence electrons. The lowest BCUT2D eigenvalue weighted by atomic mass is 9.72. The first kappa shape index (κ1) is 12.7. The SMILES string of the molecule is O=C=NC1(c2c(Br)ccc3c2OCCCO3)CCC1. The first-order valence-corrected chi connectivity index (χ1v) is 7.24. The van der Waals surface area contributed by atoms with Crippen LogP contribution < -0.4 is 9.47 Å². The molecule has 1 aliphatic carbocycles. The molecule has 19 heavy (non-hydrogen) atoms. The van der Waals surface area contributed by atoms with Gasteiger partial charge in [-0.15, -0.1) is 0 Å². The van der Waals surface area contributed by atoms with Crippen molar-refractivity contribution in [3.63, 3.8) is 0 Å². The Morgan fingerprint density at radius 1 is 1.21 bits per heavy atom. The Balaban J connectivity index is 2.16. The molecule has 0 unspecified atom stereocenters. The van der Waals surface area contributed by atoms with Crippen molar-refractivity contribution in [3.8, 4) is 11.5 Å². The van der Waals surface area contributed by atoms with E-state index >= 15 is 0 Å². The van der Waals surface area contributed by atoms with E-state index in [0.717, 1.165) is 47.2 Å². The predicted octanol–water partition coefficient (Wildman–Crippen LogP) is 3.33. The van der Waals surface area contributed by atoms with Crippen molar-refractivity contribution in [1.82, 2.24) is 0 Å². The van der Waals surface area contributed by atoms with Gasteiger partial charge in [-0.05, 0) is 31.4 Å². The summed E-state index contributed by atoms with van der Waals surface area (Å²) in [5.41, 5.74) is 0.445. The number of nitrogens with zero attached hydrogens (tertiary/aromatic N) is 1. The molecule has 1 saturated carbocycles. The topological polar surface area (TPSA) is 47.9 Å². The van der Waals surface area contributed by atoms with Crippen LogP contribution in [0.15, 0.2) is 21.6 Å². The summed E-state index contributed by atoms with van der Waals surface area (Å²) in [6.45, 7) is 1.27. The van der Waals surface area contributed by atoms with Crippen LogP contribution in [0.4, 0.5) is 0 Å². The fraction of sp³-hybridized carbons (Fsp3) is 0.500. The molecule has 1 heterocycles. The number of carbonyl (C=O) groups excluding carboxylic acids is 1. The van der Waals surface area contributed by atoms with Crippen molar-refractivity contribution in [2.75, 3.05) is 13.2 Å². The van der Waals surface area contributed by atoms with Gasteiger partial charge in [0.05, 0.1) is 13.2 Å². The molecule has 0 N–H and O–H groups in total. The zero-order valence-electron chi connectivity index (χ0n) is 10.4.